The summed E-state index contributed by atoms with van der Waals surface area (Å²) in [5, 5.41) is 11.5. The van der Waals surface area contributed by atoms with E-state index in [1.165, 1.54) is 18.3 Å². The van der Waals surface area contributed by atoms with E-state index in [2.05, 4.69) is 46.3 Å². The van der Waals surface area contributed by atoms with Crippen LogP contribution in [0.25, 0.3) is 21.8 Å². The summed E-state index contributed by atoms with van der Waals surface area (Å²) in [7, 11) is 0. The lowest BCUT2D eigenvalue weighted by molar-refractivity contribution is 0.176. The molecule has 0 amide bonds. The Labute approximate surface area is 198 Å². The van der Waals surface area contributed by atoms with Gasteiger partial charge in [0.15, 0.2) is 0 Å². The normalized spacial score (nSPS) is 11.9. The lowest BCUT2D eigenvalue weighted by Crippen LogP contribution is -2.34. The van der Waals surface area contributed by atoms with Crippen LogP contribution in [0.3, 0.4) is 0 Å². The SMILES string of the molecule is CCN(CC)CCN(CC)Cc1cn(Cc2ccc(F)cc2)c2cnc3c(=O)n(O)ccc3c12. The lowest BCUT2D eigenvalue weighted by atomic mass is 10.1. The highest BCUT2D eigenvalue weighted by Crippen LogP contribution is 2.29. The molecule has 0 aliphatic rings. The van der Waals surface area contributed by atoms with Crippen LogP contribution in [0, 0.1) is 5.82 Å². The summed E-state index contributed by atoms with van der Waals surface area (Å²) in [4.78, 5) is 21.7. The van der Waals surface area contributed by atoms with E-state index >= 15 is 0 Å². The maximum Gasteiger partial charge on any atom is 0.309 e. The minimum Gasteiger partial charge on any atom is -0.425 e. The van der Waals surface area contributed by atoms with E-state index < -0.39 is 5.56 Å². The van der Waals surface area contributed by atoms with Gasteiger partial charge in [-0.25, -0.2) is 9.37 Å². The van der Waals surface area contributed by atoms with Crippen molar-refractivity contribution < 1.29 is 9.60 Å². The van der Waals surface area contributed by atoms with Crippen molar-refractivity contribution in [1.82, 2.24) is 24.1 Å². The van der Waals surface area contributed by atoms with E-state index in [1.54, 1.807) is 24.4 Å². The van der Waals surface area contributed by atoms with Gasteiger partial charge >= 0.3 is 5.56 Å². The van der Waals surface area contributed by atoms with E-state index in [0.717, 1.165) is 66.7 Å². The van der Waals surface area contributed by atoms with Gasteiger partial charge in [-0.3, -0.25) is 9.69 Å². The fraction of sp³-hybridized carbons (Fsp3) is 0.385. The molecule has 0 saturated carbocycles. The molecule has 180 valence electrons. The second-order valence-corrected chi connectivity index (χ2v) is 8.55. The van der Waals surface area contributed by atoms with Crippen LogP contribution in [0.4, 0.5) is 4.39 Å². The zero-order chi connectivity index (χ0) is 24.2. The van der Waals surface area contributed by atoms with Gasteiger partial charge in [-0.15, -0.1) is 0 Å². The van der Waals surface area contributed by atoms with E-state index in [-0.39, 0.29) is 11.3 Å². The molecule has 7 nitrogen and oxygen atoms in total. The molecule has 0 radical (unpaired) electrons. The van der Waals surface area contributed by atoms with Crippen molar-refractivity contribution in [2.45, 2.75) is 33.9 Å². The molecule has 0 unspecified atom stereocenters. The highest BCUT2D eigenvalue weighted by molar-refractivity contribution is 6.06. The molecular formula is C26H32FN5O2. The Morgan fingerprint density at radius 2 is 1.68 bits per heavy atom. The van der Waals surface area contributed by atoms with Crippen molar-refractivity contribution >= 4 is 21.8 Å². The first-order chi connectivity index (χ1) is 16.4. The average molecular weight is 466 g/mol. The van der Waals surface area contributed by atoms with Gasteiger partial charge in [0.1, 0.15) is 11.3 Å². The Bertz CT molecular complexity index is 1330. The zero-order valence-electron chi connectivity index (χ0n) is 20.0. The molecule has 0 aliphatic heterocycles. The summed E-state index contributed by atoms with van der Waals surface area (Å²) in [6.07, 6.45) is 5.17. The third-order valence-corrected chi connectivity index (χ3v) is 6.57. The molecular weight excluding hydrogens is 433 g/mol. The highest BCUT2D eigenvalue weighted by atomic mass is 19.1. The Hall–Kier alpha value is -3.23. The summed E-state index contributed by atoms with van der Waals surface area (Å²) in [6.45, 7) is 12.7. The number of halogens is 1. The molecule has 4 rings (SSSR count). The molecule has 0 bridgehead atoms. The fourth-order valence-electron chi connectivity index (χ4n) is 4.50. The fourth-order valence-corrected chi connectivity index (χ4v) is 4.50. The predicted molar refractivity (Wildman–Crippen MR) is 133 cm³/mol. The number of aromatic nitrogens is 3. The first-order valence-electron chi connectivity index (χ1n) is 11.9. The Balaban J connectivity index is 1.78. The van der Waals surface area contributed by atoms with Gasteiger partial charge in [-0.05, 0) is 49.0 Å². The van der Waals surface area contributed by atoms with Gasteiger partial charge < -0.3 is 14.7 Å². The summed E-state index contributed by atoms with van der Waals surface area (Å²) >= 11 is 0. The standard InChI is InChI=1S/C26H32FN5O2/c1-4-29(5-2)13-14-30(6-3)17-20-18-31(16-19-7-9-21(27)10-8-19)23-15-28-25-22(24(20)23)11-12-32(34)26(25)33/h7-12,15,18,34H,4-6,13-14,16-17H2,1-3H3. The van der Waals surface area contributed by atoms with E-state index in [0.29, 0.717) is 11.3 Å². The molecule has 1 aromatic carbocycles. The number of likely N-dealkylation sites (N-methyl/N-ethyl adjacent to an activating group) is 2. The molecule has 34 heavy (non-hydrogen) atoms. The van der Waals surface area contributed by atoms with Crippen molar-refractivity contribution in [3.05, 3.63) is 76.2 Å². The average Bonchev–Trinajstić information content (AvgIpc) is 3.19. The number of hydrogen-bond acceptors (Lipinski definition) is 5. The van der Waals surface area contributed by atoms with Gasteiger partial charge in [-0.2, -0.15) is 4.73 Å². The zero-order valence-corrected chi connectivity index (χ0v) is 20.0. The number of nitrogens with zero attached hydrogens (tertiary/aromatic N) is 5. The van der Waals surface area contributed by atoms with Crippen molar-refractivity contribution in [2.24, 2.45) is 0 Å². The largest absolute Gasteiger partial charge is 0.425 e. The summed E-state index contributed by atoms with van der Waals surface area (Å²) in [5.41, 5.74) is 2.68. The van der Waals surface area contributed by atoms with Gasteiger partial charge in [-0.1, -0.05) is 32.9 Å². The molecule has 1 N–H and O–H groups in total. The summed E-state index contributed by atoms with van der Waals surface area (Å²) in [6, 6.07) is 8.23. The third-order valence-electron chi connectivity index (χ3n) is 6.57. The Morgan fingerprint density at radius 1 is 1.00 bits per heavy atom. The number of rotatable bonds is 10. The van der Waals surface area contributed by atoms with E-state index in [9.17, 15) is 14.4 Å². The minimum atomic E-state index is -0.537. The molecule has 0 fully saturated rings. The van der Waals surface area contributed by atoms with Crippen LogP contribution in [0.1, 0.15) is 31.9 Å². The highest BCUT2D eigenvalue weighted by Gasteiger charge is 2.17. The molecule has 0 spiro atoms. The molecule has 0 atom stereocenters. The number of benzene rings is 1. The van der Waals surface area contributed by atoms with Gasteiger partial charge in [0, 0.05) is 49.3 Å². The van der Waals surface area contributed by atoms with Crippen LogP contribution < -0.4 is 5.56 Å². The molecule has 3 aromatic heterocycles. The van der Waals surface area contributed by atoms with Gasteiger partial charge in [0.25, 0.3) is 0 Å². The second-order valence-electron chi connectivity index (χ2n) is 8.55. The summed E-state index contributed by atoms with van der Waals surface area (Å²) in [5.74, 6) is -0.262. The number of pyridine rings is 2. The van der Waals surface area contributed by atoms with Crippen LogP contribution in [-0.2, 0) is 13.1 Å². The predicted octanol–water partition coefficient (Wildman–Crippen LogP) is 3.94. The smallest absolute Gasteiger partial charge is 0.309 e. The van der Waals surface area contributed by atoms with E-state index in [1.807, 2.05) is 0 Å². The van der Waals surface area contributed by atoms with Crippen LogP contribution in [0.15, 0.2) is 53.7 Å². The second kappa shape index (κ2) is 10.4. The van der Waals surface area contributed by atoms with Gasteiger partial charge in [0.05, 0.1) is 11.7 Å². The van der Waals surface area contributed by atoms with Crippen LogP contribution in [-0.4, -0.2) is 62.0 Å². The Morgan fingerprint density at radius 3 is 2.35 bits per heavy atom. The topological polar surface area (TPSA) is 66.5 Å². The van der Waals surface area contributed by atoms with Gasteiger partial charge in [0.2, 0.25) is 0 Å². The van der Waals surface area contributed by atoms with Crippen LogP contribution in [0.5, 0.6) is 0 Å². The quantitative estimate of drug-likeness (QED) is 0.360. The summed E-state index contributed by atoms with van der Waals surface area (Å²) < 4.78 is 16.1. The monoisotopic (exact) mass is 465 g/mol. The number of fused-ring (bicyclic) bond motifs is 3. The van der Waals surface area contributed by atoms with Crippen molar-refractivity contribution in [2.75, 3.05) is 32.7 Å². The molecule has 0 aliphatic carbocycles. The van der Waals surface area contributed by atoms with Crippen molar-refractivity contribution in [3.63, 3.8) is 0 Å². The molecule has 8 heteroatoms. The van der Waals surface area contributed by atoms with Crippen LogP contribution in [0.2, 0.25) is 0 Å². The lowest BCUT2D eigenvalue weighted by Gasteiger charge is -2.25. The Kier molecular flexibility index (Phi) is 7.29. The maximum atomic E-state index is 13.4. The minimum absolute atomic E-state index is 0.240. The maximum absolute atomic E-state index is 13.4. The van der Waals surface area contributed by atoms with Crippen molar-refractivity contribution in [1.29, 1.82) is 0 Å². The third kappa shape index (κ3) is 4.83. The molecule has 0 saturated heterocycles. The van der Waals surface area contributed by atoms with Crippen molar-refractivity contribution in [3.8, 4) is 0 Å². The van der Waals surface area contributed by atoms with Crippen LogP contribution >= 0.6 is 0 Å². The molecule has 4 aromatic rings. The molecule has 3 heterocycles. The number of hydrogen-bond donors (Lipinski definition) is 1. The van der Waals surface area contributed by atoms with E-state index in [4.69, 9.17) is 0 Å². The first kappa shape index (κ1) is 23.9. The first-order valence-corrected chi connectivity index (χ1v) is 11.9.